The fourth-order valence-corrected chi connectivity index (χ4v) is 2.77. The molecule has 0 atom stereocenters. The molecule has 3 rings (SSSR count). The number of hydrogen-bond donors (Lipinski definition) is 3. The van der Waals surface area contributed by atoms with Gasteiger partial charge in [-0.25, -0.2) is 9.97 Å². The van der Waals surface area contributed by atoms with Crippen LogP contribution in [0.3, 0.4) is 0 Å². The predicted molar refractivity (Wildman–Crippen MR) is 106 cm³/mol. The van der Waals surface area contributed by atoms with Crippen molar-refractivity contribution in [2.45, 2.75) is 26.7 Å². The monoisotopic (exact) mass is 381 g/mol. The molecule has 0 aromatic carbocycles. The molecule has 0 aliphatic carbocycles. The van der Waals surface area contributed by atoms with Crippen LogP contribution in [0.4, 0.5) is 21.6 Å². The molecule has 28 heavy (non-hydrogen) atoms. The number of nitrogens with one attached hydrogen (secondary N) is 3. The van der Waals surface area contributed by atoms with Crippen LogP contribution in [0.25, 0.3) is 11.1 Å². The van der Waals surface area contributed by atoms with Crippen LogP contribution in [0, 0.1) is 5.95 Å². The molecule has 0 saturated carbocycles. The van der Waals surface area contributed by atoms with Gasteiger partial charge in [-0.15, -0.1) is 0 Å². The Balaban J connectivity index is 2.03. The summed E-state index contributed by atoms with van der Waals surface area (Å²) in [7, 11) is 0. The van der Waals surface area contributed by atoms with E-state index in [-0.39, 0.29) is 17.4 Å². The first-order valence-corrected chi connectivity index (χ1v) is 8.73. The fourth-order valence-electron chi connectivity index (χ4n) is 2.77. The first kappa shape index (κ1) is 19.2. The maximum absolute atomic E-state index is 13.1. The highest BCUT2D eigenvalue weighted by Crippen LogP contribution is 2.28. The maximum Gasteiger partial charge on any atom is 0.256 e. The van der Waals surface area contributed by atoms with E-state index in [1.54, 1.807) is 24.4 Å². The van der Waals surface area contributed by atoms with Gasteiger partial charge in [-0.05, 0) is 30.2 Å². The van der Waals surface area contributed by atoms with Gasteiger partial charge in [-0.2, -0.15) is 4.39 Å². The summed E-state index contributed by atoms with van der Waals surface area (Å²) in [6, 6.07) is 7.87. The molecule has 7 nitrogen and oxygen atoms in total. The van der Waals surface area contributed by atoms with Crippen LogP contribution in [0.1, 0.15) is 32.4 Å². The third-order valence-corrected chi connectivity index (χ3v) is 4.03. The molecule has 3 N–H and O–H groups in total. The van der Waals surface area contributed by atoms with Crippen molar-refractivity contribution in [3.05, 3.63) is 64.7 Å². The average molecular weight is 381 g/mol. The van der Waals surface area contributed by atoms with E-state index in [9.17, 15) is 14.0 Å². The van der Waals surface area contributed by atoms with Gasteiger partial charge >= 0.3 is 0 Å². The SMILES string of the molecule is CC(=O)Nc1cc(Nc2cc(-c3ccc(F)nc3)c(=O)[nH]c2C(C)C)ccn1. The summed E-state index contributed by atoms with van der Waals surface area (Å²) < 4.78 is 13.1. The molecule has 0 fully saturated rings. The minimum Gasteiger partial charge on any atom is -0.354 e. The second kappa shape index (κ2) is 7.99. The van der Waals surface area contributed by atoms with Gasteiger partial charge in [0.1, 0.15) is 5.82 Å². The molecule has 3 aromatic rings. The van der Waals surface area contributed by atoms with Gasteiger partial charge in [0.15, 0.2) is 0 Å². The van der Waals surface area contributed by atoms with Crippen LogP contribution < -0.4 is 16.2 Å². The highest BCUT2D eigenvalue weighted by Gasteiger charge is 2.14. The molecular weight excluding hydrogens is 361 g/mol. The molecule has 1 amide bonds. The number of rotatable bonds is 5. The van der Waals surface area contributed by atoms with Crippen molar-refractivity contribution in [3.8, 4) is 11.1 Å². The van der Waals surface area contributed by atoms with Crippen molar-refractivity contribution >= 4 is 23.1 Å². The summed E-state index contributed by atoms with van der Waals surface area (Å²) in [5.74, 6) is -0.370. The minimum absolute atomic E-state index is 0.0484. The number of aromatic nitrogens is 3. The number of carbonyl (C=O) groups is 1. The largest absolute Gasteiger partial charge is 0.354 e. The smallest absolute Gasteiger partial charge is 0.256 e. The third kappa shape index (κ3) is 4.40. The van der Waals surface area contributed by atoms with Crippen LogP contribution in [0.15, 0.2) is 47.5 Å². The lowest BCUT2D eigenvalue weighted by atomic mass is 10.0. The van der Waals surface area contributed by atoms with Crippen molar-refractivity contribution in [3.63, 3.8) is 0 Å². The average Bonchev–Trinajstić information content (AvgIpc) is 2.63. The molecule has 8 heteroatoms. The van der Waals surface area contributed by atoms with E-state index in [1.807, 2.05) is 13.8 Å². The number of carbonyl (C=O) groups excluding carboxylic acids is 1. The third-order valence-electron chi connectivity index (χ3n) is 4.03. The molecule has 0 aliphatic rings. The van der Waals surface area contributed by atoms with E-state index in [0.717, 1.165) is 5.69 Å². The molecule has 0 aliphatic heterocycles. The first-order valence-electron chi connectivity index (χ1n) is 8.73. The zero-order valence-electron chi connectivity index (χ0n) is 15.7. The van der Waals surface area contributed by atoms with Crippen LogP contribution in [0.2, 0.25) is 0 Å². The Bertz CT molecular complexity index is 1060. The molecule has 0 unspecified atom stereocenters. The van der Waals surface area contributed by atoms with E-state index in [2.05, 4.69) is 25.6 Å². The molecule has 0 spiro atoms. The number of aromatic amines is 1. The van der Waals surface area contributed by atoms with Crippen LogP contribution in [0.5, 0.6) is 0 Å². The summed E-state index contributed by atoms with van der Waals surface area (Å²) in [6.07, 6.45) is 2.89. The van der Waals surface area contributed by atoms with Gasteiger partial charge in [0.25, 0.3) is 5.56 Å². The number of amides is 1. The van der Waals surface area contributed by atoms with E-state index in [1.165, 1.54) is 25.3 Å². The molecule has 3 aromatic heterocycles. The van der Waals surface area contributed by atoms with Crippen molar-refractivity contribution in [1.29, 1.82) is 0 Å². The predicted octanol–water partition coefficient (Wildman–Crippen LogP) is 3.80. The Morgan fingerprint density at radius 1 is 1.18 bits per heavy atom. The quantitative estimate of drug-likeness (QED) is 0.584. The van der Waals surface area contributed by atoms with Gasteiger partial charge in [-0.1, -0.05) is 13.8 Å². The van der Waals surface area contributed by atoms with Crippen LogP contribution in [-0.2, 0) is 4.79 Å². The Kier molecular flexibility index (Phi) is 5.49. The van der Waals surface area contributed by atoms with Gasteiger partial charge < -0.3 is 15.6 Å². The molecule has 0 radical (unpaired) electrons. The lowest BCUT2D eigenvalue weighted by Crippen LogP contribution is -2.15. The van der Waals surface area contributed by atoms with E-state index in [0.29, 0.717) is 28.3 Å². The highest BCUT2D eigenvalue weighted by molar-refractivity contribution is 5.88. The van der Waals surface area contributed by atoms with Crippen molar-refractivity contribution in [2.75, 3.05) is 10.6 Å². The number of nitrogens with zero attached hydrogens (tertiary/aromatic N) is 2. The molecule has 3 heterocycles. The summed E-state index contributed by atoms with van der Waals surface area (Å²) in [4.78, 5) is 34.4. The molecular formula is C20H20FN5O2. The van der Waals surface area contributed by atoms with Crippen LogP contribution >= 0.6 is 0 Å². The van der Waals surface area contributed by atoms with Gasteiger partial charge in [0, 0.05) is 42.3 Å². The normalized spacial score (nSPS) is 10.8. The Hall–Kier alpha value is -3.55. The van der Waals surface area contributed by atoms with E-state index < -0.39 is 5.95 Å². The summed E-state index contributed by atoms with van der Waals surface area (Å²) in [6.45, 7) is 5.33. The van der Waals surface area contributed by atoms with Gasteiger partial charge in [0.2, 0.25) is 11.9 Å². The van der Waals surface area contributed by atoms with Crippen LogP contribution in [-0.4, -0.2) is 20.9 Å². The number of H-pyrrole nitrogens is 1. The summed E-state index contributed by atoms with van der Waals surface area (Å²) in [5.41, 5.74) is 2.70. The van der Waals surface area contributed by atoms with Gasteiger partial charge in [-0.3, -0.25) is 9.59 Å². The zero-order chi connectivity index (χ0) is 20.3. The number of anilines is 3. The Morgan fingerprint density at radius 3 is 2.61 bits per heavy atom. The second-order valence-corrected chi connectivity index (χ2v) is 6.60. The lowest BCUT2D eigenvalue weighted by Gasteiger charge is -2.16. The number of pyridine rings is 3. The Morgan fingerprint density at radius 2 is 1.96 bits per heavy atom. The highest BCUT2D eigenvalue weighted by atomic mass is 19.1. The molecule has 0 bridgehead atoms. The summed E-state index contributed by atoms with van der Waals surface area (Å²) >= 11 is 0. The number of halogens is 1. The maximum atomic E-state index is 13.1. The van der Waals surface area contributed by atoms with Crippen molar-refractivity contribution in [2.24, 2.45) is 0 Å². The topological polar surface area (TPSA) is 99.8 Å². The number of hydrogen-bond acceptors (Lipinski definition) is 5. The fraction of sp³-hybridized carbons (Fsp3) is 0.200. The van der Waals surface area contributed by atoms with E-state index >= 15 is 0 Å². The first-order chi connectivity index (χ1) is 13.3. The summed E-state index contributed by atoms with van der Waals surface area (Å²) in [5, 5.41) is 5.89. The van der Waals surface area contributed by atoms with Crippen molar-refractivity contribution < 1.29 is 9.18 Å². The molecule has 0 saturated heterocycles. The standard InChI is InChI=1S/C20H20FN5O2/c1-11(2)19-16(25-14-6-7-22-18(8-14)24-12(3)27)9-15(20(28)26-19)13-4-5-17(21)23-10-13/h4-11H,1-3H3,(H,26,28)(H2,22,24,25,27). The minimum atomic E-state index is -0.611. The van der Waals surface area contributed by atoms with E-state index in [4.69, 9.17) is 0 Å². The second-order valence-electron chi connectivity index (χ2n) is 6.60. The molecule has 144 valence electrons. The Labute approximate surface area is 161 Å². The van der Waals surface area contributed by atoms with Crippen molar-refractivity contribution in [1.82, 2.24) is 15.0 Å². The zero-order valence-corrected chi connectivity index (χ0v) is 15.7. The lowest BCUT2D eigenvalue weighted by molar-refractivity contribution is -0.114. The van der Waals surface area contributed by atoms with Gasteiger partial charge in [0.05, 0.1) is 11.3 Å².